The van der Waals surface area contributed by atoms with Crippen LogP contribution >= 0.6 is 0 Å². The van der Waals surface area contributed by atoms with Gasteiger partial charge in [0.1, 0.15) is 11.6 Å². The fourth-order valence-corrected chi connectivity index (χ4v) is 3.33. The number of carbonyl (C=O) groups excluding carboxylic acids is 1. The van der Waals surface area contributed by atoms with Gasteiger partial charge in [0.2, 0.25) is 5.91 Å². The zero-order valence-electron chi connectivity index (χ0n) is 13.7. The van der Waals surface area contributed by atoms with Gasteiger partial charge in [0.15, 0.2) is 11.5 Å². The van der Waals surface area contributed by atoms with Gasteiger partial charge in [-0.3, -0.25) is 9.89 Å². The number of anilines is 1. The minimum absolute atomic E-state index is 0.0615. The third-order valence-electron chi connectivity index (χ3n) is 4.54. The largest absolute Gasteiger partial charge is 0.366 e. The normalized spacial score (nSPS) is 19.0. The van der Waals surface area contributed by atoms with Crippen LogP contribution in [0, 0.1) is 11.6 Å². The molecular weight excluding hydrogens is 366 g/mol. The Morgan fingerprint density at radius 2 is 2.07 bits per heavy atom. The highest BCUT2D eigenvalue weighted by molar-refractivity contribution is 5.98. The minimum atomic E-state index is -3.14. The van der Waals surface area contributed by atoms with Gasteiger partial charge in [-0.15, -0.1) is 0 Å². The second kappa shape index (κ2) is 5.93. The Morgan fingerprint density at radius 1 is 1.30 bits per heavy atom. The first-order valence-corrected chi connectivity index (χ1v) is 7.98. The lowest BCUT2D eigenvalue weighted by Crippen LogP contribution is -2.27. The molecule has 2 aromatic heterocycles. The Kier molecular flexibility index (Phi) is 3.79. The van der Waals surface area contributed by atoms with Crippen molar-refractivity contribution < 1.29 is 22.4 Å². The number of nitrogens with zero attached hydrogens (tertiary/aromatic N) is 3. The standard InChI is InChI=1S/C17H13F4N5O/c18-9-1-2-12(19)10(4-9)13-5-17(20,21)7-26(13)16-11-3-8(14(22)27)6-23-15(11)24-25-16/h1-4,6,13H,5,7H2,(H2,22,27)(H,23,24,25)/t13-/m1/s1. The van der Waals surface area contributed by atoms with Crippen LogP contribution in [0.2, 0.25) is 0 Å². The van der Waals surface area contributed by atoms with Gasteiger partial charge in [-0.05, 0) is 24.3 Å². The first-order valence-electron chi connectivity index (χ1n) is 7.98. The summed E-state index contributed by atoms with van der Waals surface area (Å²) in [5.41, 5.74) is 5.38. The number of nitrogens with two attached hydrogens (primary N) is 1. The number of nitrogens with one attached hydrogen (secondary N) is 1. The number of aromatic nitrogens is 3. The number of carbonyl (C=O) groups is 1. The van der Waals surface area contributed by atoms with E-state index < -0.39 is 42.5 Å². The molecule has 0 unspecified atom stereocenters. The molecule has 0 spiro atoms. The molecule has 1 aromatic carbocycles. The van der Waals surface area contributed by atoms with Crippen molar-refractivity contribution in [3.63, 3.8) is 0 Å². The summed E-state index contributed by atoms with van der Waals surface area (Å²) < 4.78 is 56.2. The van der Waals surface area contributed by atoms with Crippen LogP contribution in [0.1, 0.15) is 28.4 Å². The highest BCUT2D eigenvalue weighted by Gasteiger charge is 2.47. The topological polar surface area (TPSA) is 87.9 Å². The molecule has 1 saturated heterocycles. The van der Waals surface area contributed by atoms with Crippen LogP contribution in [0.4, 0.5) is 23.4 Å². The quantitative estimate of drug-likeness (QED) is 0.685. The van der Waals surface area contributed by atoms with Crippen molar-refractivity contribution in [3.05, 3.63) is 53.2 Å². The molecule has 1 atom stereocenters. The third kappa shape index (κ3) is 2.96. The van der Waals surface area contributed by atoms with E-state index in [-0.39, 0.29) is 28.0 Å². The number of alkyl halides is 2. The molecule has 0 saturated carbocycles. The maximum Gasteiger partial charge on any atom is 0.267 e. The number of aromatic amines is 1. The van der Waals surface area contributed by atoms with Gasteiger partial charge in [-0.1, -0.05) is 0 Å². The van der Waals surface area contributed by atoms with Gasteiger partial charge in [-0.2, -0.15) is 5.10 Å². The molecule has 3 aromatic rings. The van der Waals surface area contributed by atoms with E-state index in [0.29, 0.717) is 0 Å². The monoisotopic (exact) mass is 379 g/mol. The fourth-order valence-electron chi connectivity index (χ4n) is 3.33. The fraction of sp³-hybridized carbons (Fsp3) is 0.235. The van der Waals surface area contributed by atoms with E-state index in [9.17, 15) is 22.4 Å². The maximum absolute atomic E-state index is 14.2. The Hall–Kier alpha value is -3.17. The van der Waals surface area contributed by atoms with Crippen LogP contribution in [0.3, 0.4) is 0 Å². The molecule has 1 fully saturated rings. The highest BCUT2D eigenvalue weighted by Crippen LogP contribution is 2.45. The second-order valence-electron chi connectivity index (χ2n) is 6.40. The summed E-state index contributed by atoms with van der Waals surface area (Å²) >= 11 is 0. The average molecular weight is 379 g/mol. The van der Waals surface area contributed by atoms with Crippen LogP contribution in [-0.4, -0.2) is 33.6 Å². The summed E-state index contributed by atoms with van der Waals surface area (Å²) in [6.07, 6.45) is 0.527. The zero-order chi connectivity index (χ0) is 19.3. The number of hydrogen-bond donors (Lipinski definition) is 2. The Labute approximate surface area is 150 Å². The van der Waals surface area contributed by atoms with Gasteiger partial charge in [0.05, 0.1) is 23.5 Å². The van der Waals surface area contributed by atoms with Crippen molar-refractivity contribution in [2.24, 2.45) is 5.73 Å². The molecule has 27 heavy (non-hydrogen) atoms. The third-order valence-corrected chi connectivity index (χ3v) is 4.54. The number of benzene rings is 1. The summed E-state index contributed by atoms with van der Waals surface area (Å²) in [5, 5.41) is 6.88. The molecule has 4 rings (SSSR count). The van der Waals surface area contributed by atoms with Gasteiger partial charge < -0.3 is 10.6 Å². The first-order chi connectivity index (χ1) is 12.7. The van der Waals surface area contributed by atoms with Crippen molar-refractivity contribution in [2.45, 2.75) is 18.4 Å². The lowest BCUT2D eigenvalue weighted by molar-refractivity contribution is 0.0222. The first kappa shape index (κ1) is 17.3. The number of amides is 1. The smallest absolute Gasteiger partial charge is 0.267 e. The lowest BCUT2D eigenvalue weighted by atomic mass is 10.0. The molecule has 1 aliphatic heterocycles. The Balaban J connectivity index is 1.85. The van der Waals surface area contributed by atoms with E-state index in [1.165, 1.54) is 17.2 Å². The molecule has 3 N–H and O–H groups in total. The van der Waals surface area contributed by atoms with Crippen molar-refractivity contribution >= 4 is 22.8 Å². The van der Waals surface area contributed by atoms with Crippen molar-refractivity contribution in [1.82, 2.24) is 15.2 Å². The van der Waals surface area contributed by atoms with E-state index in [0.717, 1.165) is 18.2 Å². The molecule has 6 nitrogen and oxygen atoms in total. The number of rotatable bonds is 3. The lowest BCUT2D eigenvalue weighted by Gasteiger charge is -2.24. The summed E-state index contributed by atoms with van der Waals surface area (Å²) in [7, 11) is 0. The zero-order valence-corrected chi connectivity index (χ0v) is 13.7. The molecule has 140 valence electrons. The number of halogens is 4. The molecule has 10 heteroatoms. The van der Waals surface area contributed by atoms with E-state index in [2.05, 4.69) is 15.2 Å². The number of primary amides is 1. The molecule has 0 radical (unpaired) electrons. The number of pyridine rings is 1. The number of H-pyrrole nitrogens is 1. The Morgan fingerprint density at radius 3 is 2.81 bits per heavy atom. The summed E-state index contributed by atoms with van der Waals surface area (Å²) in [5.74, 6) is -5.34. The van der Waals surface area contributed by atoms with E-state index in [1.54, 1.807) is 0 Å². The molecule has 0 bridgehead atoms. The van der Waals surface area contributed by atoms with Crippen molar-refractivity contribution in [2.75, 3.05) is 11.4 Å². The second-order valence-corrected chi connectivity index (χ2v) is 6.40. The van der Waals surface area contributed by atoms with Gasteiger partial charge in [0, 0.05) is 18.2 Å². The molecule has 0 aliphatic carbocycles. The van der Waals surface area contributed by atoms with Crippen molar-refractivity contribution in [1.29, 1.82) is 0 Å². The summed E-state index contributed by atoms with van der Waals surface area (Å²) in [6.45, 7) is -0.742. The van der Waals surface area contributed by atoms with Gasteiger partial charge in [-0.25, -0.2) is 22.5 Å². The van der Waals surface area contributed by atoms with Crippen LogP contribution in [0.15, 0.2) is 30.5 Å². The molecule has 1 aliphatic rings. The van der Waals surface area contributed by atoms with Crippen LogP contribution < -0.4 is 10.6 Å². The number of hydrogen-bond acceptors (Lipinski definition) is 4. The molecular formula is C17H13F4N5O. The van der Waals surface area contributed by atoms with E-state index >= 15 is 0 Å². The molecule has 1 amide bonds. The summed E-state index contributed by atoms with van der Waals surface area (Å²) in [6, 6.07) is 2.95. The Bertz CT molecular complexity index is 1050. The van der Waals surface area contributed by atoms with Crippen molar-refractivity contribution in [3.8, 4) is 0 Å². The summed E-state index contributed by atoms with van der Waals surface area (Å²) in [4.78, 5) is 16.6. The predicted octanol–water partition coefficient (Wildman–Crippen LogP) is 2.92. The average Bonchev–Trinajstić information content (AvgIpc) is 3.16. The van der Waals surface area contributed by atoms with Crippen LogP contribution in [0.5, 0.6) is 0 Å². The highest BCUT2D eigenvalue weighted by atomic mass is 19.3. The van der Waals surface area contributed by atoms with Gasteiger partial charge >= 0.3 is 0 Å². The predicted molar refractivity (Wildman–Crippen MR) is 88.4 cm³/mol. The SMILES string of the molecule is NC(=O)c1cnc2[nH]nc(N3CC(F)(F)C[C@@H]3c3cc(F)ccc3F)c2c1. The number of fused-ring (bicyclic) bond motifs is 1. The van der Waals surface area contributed by atoms with Crippen LogP contribution in [0.25, 0.3) is 11.0 Å². The van der Waals surface area contributed by atoms with Gasteiger partial charge in [0.25, 0.3) is 5.92 Å². The van der Waals surface area contributed by atoms with E-state index in [4.69, 9.17) is 5.73 Å². The van der Waals surface area contributed by atoms with E-state index in [1.807, 2.05) is 0 Å². The molecule has 3 heterocycles. The minimum Gasteiger partial charge on any atom is -0.366 e. The van der Waals surface area contributed by atoms with Crippen LogP contribution in [-0.2, 0) is 0 Å². The maximum atomic E-state index is 14.2.